The Bertz CT molecular complexity index is 684. The SMILES string of the molecule is Cc1ccccc1-n1ncc(C(=O)NCC2CCCCC2)c1C. The smallest absolute Gasteiger partial charge is 0.254 e. The molecule has 4 heteroatoms. The Kier molecular flexibility index (Phi) is 4.79. The lowest BCUT2D eigenvalue weighted by atomic mass is 9.89. The largest absolute Gasteiger partial charge is 0.352 e. The highest BCUT2D eigenvalue weighted by atomic mass is 16.1. The Morgan fingerprint density at radius 3 is 2.70 bits per heavy atom. The summed E-state index contributed by atoms with van der Waals surface area (Å²) in [6.45, 7) is 4.79. The molecule has 2 aromatic rings. The van der Waals surface area contributed by atoms with Gasteiger partial charge in [-0.25, -0.2) is 4.68 Å². The van der Waals surface area contributed by atoms with Crippen molar-refractivity contribution in [2.24, 2.45) is 5.92 Å². The number of nitrogens with zero attached hydrogens (tertiary/aromatic N) is 2. The summed E-state index contributed by atoms with van der Waals surface area (Å²) in [7, 11) is 0. The van der Waals surface area contributed by atoms with Crippen LogP contribution in [-0.2, 0) is 0 Å². The molecule has 1 aromatic carbocycles. The van der Waals surface area contributed by atoms with Gasteiger partial charge in [0.25, 0.3) is 5.91 Å². The molecule has 1 aromatic heterocycles. The van der Waals surface area contributed by atoms with E-state index < -0.39 is 0 Å². The van der Waals surface area contributed by atoms with Gasteiger partial charge < -0.3 is 5.32 Å². The van der Waals surface area contributed by atoms with E-state index in [9.17, 15) is 4.79 Å². The summed E-state index contributed by atoms with van der Waals surface area (Å²) in [5.41, 5.74) is 3.73. The third kappa shape index (κ3) is 3.46. The lowest BCUT2D eigenvalue weighted by Gasteiger charge is -2.21. The number of para-hydroxylation sites is 1. The van der Waals surface area contributed by atoms with Crippen molar-refractivity contribution < 1.29 is 4.79 Å². The van der Waals surface area contributed by atoms with Gasteiger partial charge in [0.15, 0.2) is 0 Å². The van der Waals surface area contributed by atoms with Gasteiger partial charge in [0, 0.05) is 6.54 Å². The highest BCUT2D eigenvalue weighted by Crippen LogP contribution is 2.23. The van der Waals surface area contributed by atoms with E-state index in [-0.39, 0.29) is 5.91 Å². The molecule has 0 saturated heterocycles. The maximum atomic E-state index is 12.5. The summed E-state index contributed by atoms with van der Waals surface area (Å²) < 4.78 is 1.85. The molecule has 0 atom stereocenters. The highest BCUT2D eigenvalue weighted by Gasteiger charge is 2.18. The van der Waals surface area contributed by atoms with Gasteiger partial charge in [-0.3, -0.25) is 4.79 Å². The van der Waals surface area contributed by atoms with E-state index in [2.05, 4.69) is 23.4 Å². The van der Waals surface area contributed by atoms with Crippen LogP contribution in [0.25, 0.3) is 5.69 Å². The fourth-order valence-corrected chi connectivity index (χ4v) is 3.40. The first-order chi connectivity index (χ1) is 11.2. The third-order valence-electron chi connectivity index (χ3n) is 4.87. The normalized spacial score (nSPS) is 15.6. The lowest BCUT2D eigenvalue weighted by Crippen LogP contribution is -2.30. The summed E-state index contributed by atoms with van der Waals surface area (Å²) in [4.78, 5) is 12.5. The molecule has 0 bridgehead atoms. The number of hydrogen-bond acceptors (Lipinski definition) is 2. The van der Waals surface area contributed by atoms with Crippen molar-refractivity contribution in [2.75, 3.05) is 6.54 Å². The van der Waals surface area contributed by atoms with Crippen LogP contribution in [0.15, 0.2) is 30.5 Å². The van der Waals surface area contributed by atoms with Gasteiger partial charge >= 0.3 is 0 Å². The van der Waals surface area contributed by atoms with Gasteiger partial charge in [0.05, 0.1) is 23.1 Å². The van der Waals surface area contributed by atoms with Crippen LogP contribution in [0.5, 0.6) is 0 Å². The number of amides is 1. The number of carbonyl (C=O) groups excluding carboxylic acids is 1. The summed E-state index contributed by atoms with van der Waals surface area (Å²) in [5, 5.41) is 7.52. The Morgan fingerprint density at radius 1 is 1.22 bits per heavy atom. The summed E-state index contributed by atoms with van der Waals surface area (Å²) in [6.07, 6.45) is 8.09. The van der Waals surface area contributed by atoms with Crippen molar-refractivity contribution in [2.45, 2.75) is 46.0 Å². The first-order valence-electron chi connectivity index (χ1n) is 8.55. The molecule has 1 amide bonds. The number of aryl methyl sites for hydroxylation is 1. The molecule has 3 rings (SSSR count). The molecule has 1 fully saturated rings. The zero-order valence-electron chi connectivity index (χ0n) is 14.0. The second-order valence-corrected chi connectivity index (χ2v) is 6.56. The third-order valence-corrected chi connectivity index (χ3v) is 4.87. The molecule has 1 N–H and O–H groups in total. The first kappa shape index (κ1) is 15.8. The van der Waals surface area contributed by atoms with Crippen molar-refractivity contribution in [3.63, 3.8) is 0 Å². The van der Waals surface area contributed by atoms with Crippen LogP contribution in [0, 0.1) is 19.8 Å². The average Bonchev–Trinajstić information content (AvgIpc) is 2.95. The van der Waals surface area contributed by atoms with E-state index >= 15 is 0 Å². The molecule has 1 saturated carbocycles. The molecule has 1 aliphatic rings. The number of benzene rings is 1. The van der Waals surface area contributed by atoms with Crippen LogP contribution >= 0.6 is 0 Å². The van der Waals surface area contributed by atoms with Crippen molar-refractivity contribution in [3.05, 3.63) is 47.3 Å². The lowest BCUT2D eigenvalue weighted by molar-refractivity contribution is 0.0943. The van der Waals surface area contributed by atoms with Crippen LogP contribution < -0.4 is 5.32 Å². The van der Waals surface area contributed by atoms with Crippen molar-refractivity contribution in [1.29, 1.82) is 0 Å². The monoisotopic (exact) mass is 311 g/mol. The van der Waals surface area contributed by atoms with E-state index in [1.54, 1.807) is 6.20 Å². The minimum absolute atomic E-state index is 0.00657. The number of nitrogens with one attached hydrogen (secondary N) is 1. The van der Waals surface area contributed by atoms with Gasteiger partial charge in [-0.1, -0.05) is 37.5 Å². The van der Waals surface area contributed by atoms with Gasteiger partial charge in [-0.05, 0) is 44.2 Å². The predicted octanol–water partition coefficient (Wildman–Crippen LogP) is 3.80. The Labute approximate surface area is 137 Å². The van der Waals surface area contributed by atoms with Crippen molar-refractivity contribution >= 4 is 5.91 Å². The average molecular weight is 311 g/mol. The number of rotatable bonds is 4. The summed E-state index contributed by atoms with van der Waals surface area (Å²) in [5.74, 6) is 0.632. The minimum atomic E-state index is -0.00657. The maximum Gasteiger partial charge on any atom is 0.254 e. The quantitative estimate of drug-likeness (QED) is 0.933. The van der Waals surface area contributed by atoms with Crippen molar-refractivity contribution in [3.8, 4) is 5.69 Å². The van der Waals surface area contributed by atoms with Crippen LogP contribution in [0.2, 0.25) is 0 Å². The highest BCUT2D eigenvalue weighted by molar-refractivity contribution is 5.95. The topological polar surface area (TPSA) is 46.9 Å². The molecular formula is C19H25N3O. The summed E-state index contributed by atoms with van der Waals surface area (Å²) >= 11 is 0. The molecule has 23 heavy (non-hydrogen) atoms. The Balaban J connectivity index is 1.71. The second-order valence-electron chi connectivity index (χ2n) is 6.56. The van der Waals surface area contributed by atoms with E-state index in [4.69, 9.17) is 0 Å². The summed E-state index contributed by atoms with van der Waals surface area (Å²) in [6, 6.07) is 8.08. The number of carbonyl (C=O) groups is 1. The number of hydrogen-bond donors (Lipinski definition) is 1. The molecule has 4 nitrogen and oxygen atoms in total. The Morgan fingerprint density at radius 2 is 1.96 bits per heavy atom. The van der Waals surface area contributed by atoms with Crippen LogP contribution in [0.3, 0.4) is 0 Å². The predicted molar refractivity (Wildman–Crippen MR) is 91.9 cm³/mol. The zero-order chi connectivity index (χ0) is 16.2. The van der Waals surface area contributed by atoms with E-state index in [0.29, 0.717) is 11.5 Å². The molecule has 0 spiro atoms. The van der Waals surface area contributed by atoms with Crippen molar-refractivity contribution in [1.82, 2.24) is 15.1 Å². The second kappa shape index (κ2) is 6.99. The van der Waals surface area contributed by atoms with Crippen LogP contribution in [0.1, 0.15) is 53.7 Å². The molecule has 1 heterocycles. The van der Waals surface area contributed by atoms with Gasteiger partial charge in [-0.2, -0.15) is 5.10 Å². The molecule has 0 aliphatic heterocycles. The molecule has 1 aliphatic carbocycles. The molecule has 0 unspecified atom stereocenters. The van der Waals surface area contributed by atoms with Gasteiger partial charge in [0.1, 0.15) is 0 Å². The molecular weight excluding hydrogens is 286 g/mol. The van der Waals surface area contributed by atoms with Crippen LogP contribution in [0.4, 0.5) is 0 Å². The van der Waals surface area contributed by atoms with E-state index in [1.807, 2.05) is 29.8 Å². The van der Waals surface area contributed by atoms with Gasteiger partial charge in [0.2, 0.25) is 0 Å². The molecule has 0 radical (unpaired) electrons. The maximum absolute atomic E-state index is 12.5. The number of aromatic nitrogens is 2. The first-order valence-corrected chi connectivity index (χ1v) is 8.55. The Hall–Kier alpha value is -2.10. The minimum Gasteiger partial charge on any atom is -0.352 e. The fraction of sp³-hybridized carbons (Fsp3) is 0.474. The van der Waals surface area contributed by atoms with Crippen LogP contribution in [-0.4, -0.2) is 22.2 Å². The van der Waals surface area contributed by atoms with E-state index in [0.717, 1.165) is 23.5 Å². The van der Waals surface area contributed by atoms with Gasteiger partial charge in [-0.15, -0.1) is 0 Å². The fourth-order valence-electron chi connectivity index (χ4n) is 3.40. The molecule has 122 valence electrons. The van der Waals surface area contributed by atoms with E-state index in [1.165, 1.54) is 32.1 Å². The zero-order valence-corrected chi connectivity index (χ0v) is 14.0. The standard InChI is InChI=1S/C19H25N3O/c1-14-8-6-7-11-18(14)22-15(2)17(13-21-22)19(23)20-12-16-9-4-3-5-10-16/h6-8,11,13,16H,3-5,9-10,12H2,1-2H3,(H,20,23).